The van der Waals surface area contributed by atoms with Gasteiger partial charge in [0.1, 0.15) is 11.7 Å². The minimum Gasteiger partial charge on any atom is -1.00 e. The molecule has 0 bridgehead atoms. The number of quaternary nitrogens is 1. The van der Waals surface area contributed by atoms with Gasteiger partial charge < -0.3 is 34.0 Å². The number of aliphatic carboxylic acids is 1. The maximum Gasteiger partial charge on any atom is 0.335 e. The van der Waals surface area contributed by atoms with Gasteiger partial charge in [-0.3, -0.25) is 4.48 Å². The molecule has 0 spiro atoms. The summed E-state index contributed by atoms with van der Waals surface area (Å²) < 4.78 is 0.616. The van der Waals surface area contributed by atoms with Crippen molar-refractivity contribution in [2.24, 2.45) is 0 Å². The zero-order valence-corrected chi connectivity index (χ0v) is 25.5. The Hall–Kier alpha value is -3.16. The molecule has 1 N–H and O–H groups in total. The van der Waals surface area contributed by atoms with Gasteiger partial charge in [0, 0.05) is 41.4 Å². The Bertz CT molecular complexity index is 1700. The van der Waals surface area contributed by atoms with Gasteiger partial charge in [0.15, 0.2) is 0 Å². The average Bonchev–Trinajstić information content (AvgIpc) is 3.21. The van der Waals surface area contributed by atoms with E-state index < -0.39 is 5.97 Å². The third kappa shape index (κ3) is 4.01. The Labute approximate surface area is 247 Å². The van der Waals surface area contributed by atoms with Crippen molar-refractivity contribution in [1.82, 2.24) is 4.48 Å². The van der Waals surface area contributed by atoms with E-state index >= 15 is 0 Å². The molecule has 0 aliphatic carbocycles. The molecule has 4 nitrogen and oxygen atoms in total. The summed E-state index contributed by atoms with van der Waals surface area (Å²) in [5.41, 5.74) is 5.96. The summed E-state index contributed by atoms with van der Waals surface area (Å²) in [5.74, 6) is -0.718. The van der Waals surface area contributed by atoms with Crippen LogP contribution in [0.5, 0.6) is 0 Å². The zero-order valence-electron chi connectivity index (χ0n) is 23.4. The molecule has 0 fully saturated rings. The number of fused-ring (bicyclic) bond motifs is 6. The number of likely N-dealkylation sites (N-methyl/N-ethyl adjacent to an activating group) is 2. The van der Waals surface area contributed by atoms with Gasteiger partial charge in [-0.2, -0.15) is 0 Å². The Kier molecular flexibility index (Phi) is 6.67. The maximum absolute atomic E-state index is 12.7. The molecule has 0 saturated heterocycles. The van der Waals surface area contributed by atoms with Gasteiger partial charge in [-0.05, 0) is 51.4 Å². The van der Waals surface area contributed by atoms with E-state index in [0.29, 0.717) is 10.1 Å². The summed E-state index contributed by atoms with van der Waals surface area (Å²) in [6.07, 6.45) is 3.91. The standard InChI is InChI=1S/C34H34N2O2.HI/c1-21-29(36(5,6)28-18-16-22-11-7-9-13-25(22)31(21)28)19-24(33(37)38)20-30-34(2,3)32-26-14-10-8-12-23(26)15-17-27(32)35(30)4;/h7-21,29H,1-6H3;1H. The van der Waals surface area contributed by atoms with E-state index in [-0.39, 0.29) is 41.4 Å². The van der Waals surface area contributed by atoms with E-state index in [2.05, 4.69) is 113 Å². The van der Waals surface area contributed by atoms with E-state index in [1.807, 2.05) is 19.2 Å². The Morgan fingerprint density at radius 2 is 1.51 bits per heavy atom. The monoisotopic (exact) mass is 630 g/mol. The van der Waals surface area contributed by atoms with Crippen LogP contribution in [0.15, 0.2) is 96.2 Å². The first kappa shape index (κ1) is 27.4. The van der Waals surface area contributed by atoms with Crippen LogP contribution in [0.4, 0.5) is 11.4 Å². The van der Waals surface area contributed by atoms with Crippen molar-refractivity contribution in [2.45, 2.75) is 38.1 Å². The van der Waals surface area contributed by atoms with Gasteiger partial charge in [-0.25, -0.2) is 4.79 Å². The lowest BCUT2D eigenvalue weighted by Gasteiger charge is -2.32. The molecule has 4 aromatic rings. The second-order valence-corrected chi connectivity index (χ2v) is 11.9. The molecule has 5 heteroatoms. The first-order valence-corrected chi connectivity index (χ1v) is 13.3. The lowest BCUT2D eigenvalue weighted by molar-refractivity contribution is -0.132. The highest BCUT2D eigenvalue weighted by Crippen LogP contribution is 2.51. The fourth-order valence-corrected chi connectivity index (χ4v) is 7.15. The van der Waals surface area contributed by atoms with E-state index in [1.165, 1.54) is 38.4 Å². The summed E-state index contributed by atoms with van der Waals surface area (Å²) >= 11 is 0. The predicted octanol–water partition coefficient (Wildman–Crippen LogP) is 4.37. The van der Waals surface area contributed by atoms with Crippen LogP contribution >= 0.6 is 0 Å². The Morgan fingerprint density at radius 1 is 0.923 bits per heavy atom. The molecule has 4 aromatic carbocycles. The fourth-order valence-electron chi connectivity index (χ4n) is 7.15. The second-order valence-electron chi connectivity index (χ2n) is 11.9. The Balaban J connectivity index is 0.00000308. The number of carboxylic acids is 1. The lowest BCUT2D eigenvalue weighted by Crippen LogP contribution is -3.00. The van der Waals surface area contributed by atoms with Crippen molar-refractivity contribution in [2.75, 3.05) is 26.0 Å². The number of rotatable bonds is 3. The van der Waals surface area contributed by atoms with Gasteiger partial charge in [0.25, 0.3) is 0 Å². The van der Waals surface area contributed by atoms with E-state index in [0.717, 1.165) is 11.4 Å². The highest BCUT2D eigenvalue weighted by Gasteiger charge is 2.46. The molecule has 2 unspecified atom stereocenters. The zero-order chi connectivity index (χ0) is 27.0. The number of anilines is 1. The minimum absolute atomic E-state index is 0. The van der Waals surface area contributed by atoms with Crippen LogP contribution in [0, 0.1) is 0 Å². The molecule has 2 heterocycles. The highest BCUT2D eigenvalue weighted by molar-refractivity contribution is 5.96. The van der Waals surface area contributed by atoms with Gasteiger partial charge in [0.2, 0.25) is 0 Å². The number of allylic oxidation sites excluding steroid dienone is 1. The summed E-state index contributed by atoms with van der Waals surface area (Å²) in [7, 11) is 6.44. The molecule has 0 amide bonds. The maximum atomic E-state index is 12.7. The van der Waals surface area contributed by atoms with E-state index in [1.54, 1.807) is 0 Å². The fraction of sp³-hybridized carbons (Fsp3) is 0.265. The number of hydrogen-bond donors (Lipinski definition) is 1. The highest BCUT2D eigenvalue weighted by atomic mass is 127. The van der Waals surface area contributed by atoms with E-state index in [4.69, 9.17) is 0 Å². The van der Waals surface area contributed by atoms with Crippen LogP contribution < -0.4 is 33.4 Å². The van der Waals surface area contributed by atoms with E-state index in [9.17, 15) is 9.90 Å². The van der Waals surface area contributed by atoms with Crippen LogP contribution in [-0.2, 0) is 10.2 Å². The van der Waals surface area contributed by atoms with Crippen molar-refractivity contribution in [3.63, 3.8) is 0 Å². The third-order valence-corrected chi connectivity index (χ3v) is 9.07. The van der Waals surface area contributed by atoms with Crippen LogP contribution in [0.3, 0.4) is 0 Å². The topological polar surface area (TPSA) is 40.5 Å². The molecule has 0 saturated carbocycles. The Morgan fingerprint density at radius 3 is 2.18 bits per heavy atom. The van der Waals surface area contributed by atoms with Crippen LogP contribution in [0.1, 0.15) is 37.8 Å². The number of benzene rings is 4. The average molecular weight is 631 g/mol. The SMILES string of the molecule is CC1c2c(ccc3ccccc23)[N+](C)(C)C1C=C(C=C1N(C)c2ccc3ccccc3c2C1(C)C)C(=O)O.[I-]. The lowest BCUT2D eigenvalue weighted by atomic mass is 9.80. The van der Waals surface area contributed by atoms with Crippen molar-refractivity contribution < 1.29 is 33.9 Å². The number of carboxylic acid groups (broad SMARTS) is 1. The molecular formula is C34H35IN2O2. The number of halogens is 1. The molecule has 2 aliphatic heterocycles. The number of carbonyl (C=O) groups is 1. The van der Waals surface area contributed by atoms with Crippen molar-refractivity contribution >= 4 is 38.9 Å². The van der Waals surface area contributed by atoms with Crippen molar-refractivity contribution in [3.8, 4) is 0 Å². The number of hydrogen-bond acceptors (Lipinski definition) is 2. The summed E-state index contributed by atoms with van der Waals surface area (Å²) in [4.78, 5) is 14.9. The quantitative estimate of drug-likeness (QED) is 0.208. The van der Waals surface area contributed by atoms with Crippen LogP contribution in [0.2, 0.25) is 0 Å². The molecule has 200 valence electrons. The van der Waals surface area contributed by atoms with Gasteiger partial charge in [-0.15, -0.1) is 0 Å². The first-order valence-electron chi connectivity index (χ1n) is 13.3. The molecule has 0 aromatic heterocycles. The normalized spacial score (nSPS) is 22.2. The van der Waals surface area contributed by atoms with Gasteiger partial charge in [-0.1, -0.05) is 75.4 Å². The first-order chi connectivity index (χ1) is 18.0. The van der Waals surface area contributed by atoms with Gasteiger partial charge >= 0.3 is 5.97 Å². The van der Waals surface area contributed by atoms with Gasteiger partial charge in [0.05, 0.1) is 19.7 Å². The van der Waals surface area contributed by atoms with Crippen molar-refractivity contribution in [1.29, 1.82) is 0 Å². The predicted molar refractivity (Wildman–Crippen MR) is 159 cm³/mol. The minimum atomic E-state index is -0.893. The largest absolute Gasteiger partial charge is 1.00 e. The summed E-state index contributed by atoms with van der Waals surface area (Å²) in [6, 6.07) is 25.7. The second kappa shape index (κ2) is 9.49. The molecule has 39 heavy (non-hydrogen) atoms. The van der Waals surface area contributed by atoms with Crippen molar-refractivity contribution in [3.05, 3.63) is 107 Å². The van der Waals surface area contributed by atoms with Crippen LogP contribution in [-0.4, -0.2) is 38.3 Å². The third-order valence-electron chi connectivity index (χ3n) is 9.07. The molecular weight excluding hydrogens is 595 g/mol. The molecule has 6 rings (SSSR count). The van der Waals surface area contributed by atoms with Crippen LogP contribution in [0.25, 0.3) is 21.5 Å². The summed E-state index contributed by atoms with van der Waals surface area (Å²) in [5, 5.41) is 15.3. The molecule has 2 aliphatic rings. The summed E-state index contributed by atoms with van der Waals surface area (Å²) in [6.45, 7) is 6.64. The molecule has 0 radical (unpaired) electrons. The number of nitrogens with zero attached hydrogens (tertiary/aromatic N) is 2. The molecule has 2 atom stereocenters. The smallest absolute Gasteiger partial charge is 0.335 e.